The van der Waals surface area contributed by atoms with Gasteiger partial charge in [-0.2, -0.15) is 0 Å². The highest BCUT2D eigenvalue weighted by atomic mass is 32.2. The maximum Gasteiger partial charge on any atom is 0.225 e. The van der Waals surface area contributed by atoms with Gasteiger partial charge in [0.15, 0.2) is 15.6 Å². The predicted octanol–water partition coefficient (Wildman–Crippen LogP) is 4.84. The molecule has 1 N–H and O–H groups in total. The molecular weight excluding hydrogens is 422 g/mol. The molecule has 1 amide bonds. The zero-order valence-corrected chi connectivity index (χ0v) is 21.0. The van der Waals surface area contributed by atoms with Crippen LogP contribution in [-0.2, 0) is 25.8 Å². The smallest absolute Gasteiger partial charge is 0.225 e. The van der Waals surface area contributed by atoms with Crippen molar-refractivity contribution >= 4 is 21.5 Å². The molecular formula is C26H40NO4S. The Morgan fingerprint density at radius 3 is 2.12 bits per heavy atom. The minimum atomic E-state index is -3.51. The van der Waals surface area contributed by atoms with Gasteiger partial charge in [-0.1, -0.05) is 69.4 Å². The normalized spacial score (nSPS) is 17.9. The molecule has 1 fully saturated rings. The van der Waals surface area contributed by atoms with Crippen LogP contribution in [0.25, 0.3) is 0 Å². The average molecular weight is 463 g/mol. The van der Waals surface area contributed by atoms with Crippen LogP contribution in [0, 0.1) is 11.8 Å². The Bertz CT molecular complexity index is 834. The Morgan fingerprint density at radius 1 is 1.00 bits per heavy atom. The first-order valence-corrected chi connectivity index (χ1v) is 13.7. The van der Waals surface area contributed by atoms with Crippen LogP contribution >= 0.6 is 0 Å². The molecule has 1 aromatic rings. The average Bonchev–Trinajstić information content (AvgIpc) is 3.01. The zero-order chi connectivity index (χ0) is 23.8. The van der Waals surface area contributed by atoms with Crippen molar-refractivity contribution in [3.63, 3.8) is 0 Å². The van der Waals surface area contributed by atoms with Gasteiger partial charge in [-0.3, -0.25) is 9.59 Å². The third kappa shape index (κ3) is 7.72. The monoisotopic (exact) mass is 462 g/mol. The number of hydrogen-bond donors (Lipinski definition) is 1. The summed E-state index contributed by atoms with van der Waals surface area (Å²) >= 11 is 0. The van der Waals surface area contributed by atoms with E-state index in [-0.39, 0.29) is 17.4 Å². The summed E-state index contributed by atoms with van der Waals surface area (Å²) in [6.45, 7) is 6.97. The second-order valence-electron chi connectivity index (χ2n) is 10.0. The number of carbonyl (C=O) groups is 2. The number of ketones is 1. The van der Waals surface area contributed by atoms with Gasteiger partial charge < -0.3 is 5.32 Å². The number of rotatable bonds is 10. The van der Waals surface area contributed by atoms with Crippen LogP contribution in [0.3, 0.4) is 0 Å². The summed E-state index contributed by atoms with van der Waals surface area (Å²) in [5.74, 6) is -0.348. The van der Waals surface area contributed by atoms with Crippen molar-refractivity contribution in [2.75, 3.05) is 5.75 Å². The summed E-state index contributed by atoms with van der Waals surface area (Å²) in [7, 11) is -3.51. The summed E-state index contributed by atoms with van der Waals surface area (Å²) < 4.78 is 24.9. The first-order chi connectivity index (χ1) is 15.0. The predicted molar refractivity (Wildman–Crippen MR) is 130 cm³/mol. The molecule has 2 rings (SSSR count). The lowest BCUT2D eigenvalue weighted by Crippen LogP contribution is -2.48. The molecule has 0 saturated heterocycles. The summed E-state index contributed by atoms with van der Waals surface area (Å²) in [5.41, 5.74) is 0.910. The quantitative estimate of drug-likeness (QED) is 0.505. The van der Waals surface area contributed by atoms with Crippen molar-refractivity contribution < 1.29 is 18.0 Å². The SMILES string of the molecule is CCC[C@H](NC(=O)C(Cc1ccccc1)CS(=O)(=O)C(C)(C)C)C(=O)[C]1CCCCCC1. The van der Waals surface area contributed by atoms with Gasteiger partial charge in [0, 0.05) is 5.92 Å². The number of Topliss-reactive ketones (excluding diaryl/α,β-unsaturated/α-hetero) is 1. The second kappa shape index (κ2) is 12.0. The van der Waals surface area contributed by atoms with Gasteiger partial charge in [-0.05, 0) is 52.0 Å². The number of carbonyl (C=O) groups excluding carboxylic acids is 2. The van der Waals surface area contributed by atoms with Crippen molar-refractivity contribution in [3.8, 4) is 0 Å². The summed E-state index contributed by atoms with van der Waals surface area (Å²) in [4.78, 5) is 26.6. The van der Waals surface area contributed by atoms with Crippen LogP contribution in [0.4, 0.5) is 0 Å². The molecule has 1 aliphatic rings. The van der Waals surface area contributed by atoms with E-state index in [1.165, 1.54) is 0 Å². The lowest BCUT2D eigenvalue weighted by molar-refractivity contribution is -0.129. The van der Waals surface area contributed by atoms with E-state index in [0.29, 0.717) is 12.8 Å². The van der Waals surface area contributed by atoms with Crippen molar-refractivity contribution in [1.29, 1.82) is 0 Å². The molecule has 0 aromatic heterocycles. The Balaban J connectivity index is 2.22. The molecule has 0 bridgehead atoms. The van der Waals surface area contributed by atoms with E-state index >= 15 is 0 Å². The van der Waals surface area contributed by atoms with E-state index in [4.69, 9.17) is 0 Å². The number of hydrogen-bond acceptors (Lipinski definition) is 4. The van der Waals surface area contributed by atoms with Crippen LogP contribution in [0.2, 0.25) is 0 Å². The molecule has 2 atom stereocenters. The minimum Gasteiger partial charge on any atom is -0.346 e. The first kappa shape index (κ1) is 26.6. The van der Waals surface area contributed by atoms with E-state index in [2.05, 4.69) is 5.32 Å². The highest BCUT2D eigenvalue weighted by Crippen LogP contribution is 2.27. The van der Waals surface area contributed by atoms with Crippen LogP contribution in [-0.4, -0.2) is 36.6 Å². The fourth-order valence-corrected chi connectivity index (χ4v) is 5.43. The van der Waals surface area contributed by atoms with E-state index in [9.17, 15) is 18.0 Å². The Morgan fingerprint density at radius 2 is 1.59 bits per heavy atom. The Hall–Kier alpha value is -1.69. The third-order valence-corrected chi connectivity index (χ3v) is 9.02. The van der Waals surface area contributed by atoms with Gasteiger partial charge in [0.1, 0.15) is 0 Å². The molecule has 0 aliphatic heterocycles. The van der Waals surface area contributed by atoms with Crippen molar-refractivity contribution in [2.45, 2.75) is 96.3 Å². The van der Waals surface area contributed by atoms with E-state index in [1.807, 2.05) is 37.3 Å². The van der Waals surface area contributed by atoms with Crippen molar-refractivity contribution in [2.24, 2.45) is 5.92 Å². The highest BCUT2D eigenvalue weighted by Gasteiger charge is 2.36. The molecule has 0 heterocycles. The molecule has 5 nitrogen and oxygen atoms in total. The zero-order valence-electron chi connectivity index (χ0n) is 20.2. The van der Waals surface area contributed by atoms with Gasteiger partial charge in [-0.25, -0.2) is 8.42 Å². The lowest BCUT2D eigenvalue weighted by atomic mass is 9.89. The minimum absolute atomic E-state index is 0.0410. The number of benzene rings is 1. The molecule has 1 aromatic carbocycles. The van der Waals surface area contributed by atoms with Crippen LogP contribution in [0.5, 0.6) is 0 Å². The lowest BCUT2D eigenvalue weighted by Gasteiger charge is -2.27. The van der Waals surface area contributed by atoms with E-state index in [1.54, 1.807) is 20.8 Å². The summed E-state index contributed by atoms with van der Waals surface area (Å²) in [6, 6.07) is 8.89. The van der Waals surface area contributed by atoms with E-state index in [0.717, 1.165) is 56.4 Å². The fraction of sp³-hybridized carbons (Fsp3) is 0.654. The Labute approximate surface area is 194 Å². The fourth-order valence-electron chi connectivity index (χ4n) is 4.14. The van der Waals surface area contributed by atoms with Gasteiger partial charge in [0.25, 0.3) is 0 Å². The van der Waals surface area contributed by atoms with Gasteiger partial charge in [0.05, 0.1) is 22.5 Å². The van der Waals surface area contributed by atoms with Crippen molar-refractivity contribution in [1.82, 2.24) is 5.32 Å². The van der Waals surface area contributed by atoms with Crippen LogP contribution in [0.1, 0.15) is 84.6 Å². The maximum atomic E-state index is 13.4. The largest absolute Gasteiger partial charge is 0.346 e. The standard InChI is InChI=1S/C26H40NO4S/c1-5-13-23(24(28)21-16-11-6-7-12-17-21)27-25(29)22(18-20-14-9-8-10-15-20)19-32(30,31)26(2,3)4/h8-10,14-15,22-23H,5-7,11-13,16-19H2,1-4H3,(H,27,29)/t22?,23-/m0/s1. The summed E-state index contributed by atoms with van der Waals surface area (Å²) in [6.07, 6.45) is 7.61. The maximum absolute atomic E-state index is 13.4. The molecule has 6 heteroatoms. The Kier molecular flexibility index (Phi) is 9.93. The molecule has 1 aliphatic carbocycles. The second-order valence-corrected chi connectivity index (χ2v) is 12.8. The molecule has 1 saturated carbocycles. The van der Waals surface area contributed by atoms with E-state index < -0.39 is 26.5 Å². The molecule has 179 valence electrons. The molecule has 32 heavy (non-hydrogen) atoms. The number of sulfone groups is 1. The first-order valence-electron chi connectivity index (χ1n) is 12.0. The van der Waals surface area contributed by atoms with Gasteiger partial charge >= 0.3 is 0 Å². The number of nitrogens with one attached hydrogen (secondary N) is 1. The molecule has 0 spiro atoms. The van der Waals surface area contributed by atoms with Gasteiger partial charge in [-0.15, -0.1) is 0 Å². The number of amides is 1. The molecule has 1 radical (unpaired) electrons. The molecule has 1 unspecified atom stereocenters. The third-order valence-electron chi connectivity index (χ3n) is 6.32. The topological polar surface area (TPSA) is 80.3 Å². The van der Waals surface area contributed by atoms with Crippen molar-refractivity contribution in [3.05, 3.63) is 41.8 Å². The van der Waals surface area contributed by atoms with Gasteiger partial charge in [0.2, 0.25) is 5.91 Å². The highest BCUT2D eigenvalue weighted by molar-refractivity contribution is 7.92. The summed E-state index contributed by atoms with van der Waals surface area (Å²) in [5, 5.41) is 2.96. The van der Waals surface area contributed by atoms with Crippen LogP contribution < -0.4 is 5.32 Å². The van der Waals surface area contributed by atoms with Crippen LogP contribution in [0.15, 0.2) is 30.3 Å².